The summed E-state index contributed by atoms with van der Waals surface area (Å²) < 4.78 is 0. The zero-order chi connectivity index (χ0) is 14.5. The van der Waals surface area contributed by atoms with Gasteiger partial charge in [-0.1, -0.05) is 12.1 Å². The number of nitrogens with one attached hydrogen (secondary N) is 1. The highest BCUT2D eigenvalue weighted by Gasteiger charge is 2.17. The molecule has 1 aromatic heterocycles. The lowest BCUT2D eigenvalue weighted by Gasteiger charge is -2.19. The van der Waals surface area contributed by atoms with Crippen molar-refractivity contribution in [1.82, 2.24) is 9.97 Å². The van der Waals surface area contributed by atoms with E-state index in [9.17, 15) is 9.59 Å². The number of carboxylic acids is 1. The van der Waals surface area contributed by atoms with Gasteiger partial charge in [-0.3, -0.25) is 4.90 Å². The molecule has 0 fully saturated rings. The van der Waals surface area contributed by atoms with Gasteiger partial charge in [0.2, 0.25) is 0 Å². The number of aromatic nitrogens is 2. The highest BCUT2D eigenvalue weighted by Crippen LogP contribution is 2.20. The first-order valence-electron chi connectivity index (χ1n) is 5.71. The molecule has 7 heteroatoms. The van der Waals surface area contributed by atoms with Crippen LogP contribution in [-0.4, -0.2) is 34.1 Å². The molecular weight excluding hydrogens is 260 g/mol. The van der Waals surface area contributed by atoms with E-state index < -0.39 is 12.0 Å². The molecule has 2 rings (SSSR count). The minimum Gasteiger partial charge on any atom is -0.478 e. The molecule has 0 aliphatic carbocycles. The Hall–Kier alpha value is -2.96. The van der Waals surface area contributed by atoms with E-state index in [1.165, 1.54) is 36.7 Å². The number of rotatable bonds is 3. The van der Waals surface area contributed by atoms with Crippen molar-refractivity contribution in [2.45, 2.75) is 0 Å². The quantitative estimate of drug-likeness (QED) is 0.888. The van der Waals surface area contributed by atoms with Crippen LogP contribution in [0.3, 0.4) is 0 Å². The Labute approximate surface area is 114 Å². The summed E-state index contributed by atoms with van der Waals surface area (Å²) >= 11 is 0. The van der Waals surface area contributed by atoms with Crippen molar-refractivity contribution < 1.29 is 14.7 Å². The van der Waals surface area contributed by atoms with Gasteiger partial charge in [0.05, 0.1) is 29.3 Å². The van der Waals surface area contributed by atoms with Crippen molar-refractivity contribution in [3.05, 3.63) is 48.5 Å². The van der Waals surface area contributed by atoms with E-state index in [1.54, 1.807) is 18.2 Å². The van der Waals surface area contributed by atoms with Gasteiger partial charge in [0, 0.05) is 7.05 Å². The Morgan fingerprint density at radius 2 is 1.85 bits per heavy atom. The van der Waals surface area contributed by atoms with E-state index in [-0.39, 0.29) is 5.56 Å². The van der Waals surface area contributed by atoms with Crippen molar-refractivity contribution in [3.8, 4) is 0 Å². The number of carboxylic acid groups (broad SMARTS) is 1. The van der Waals surface area contributed by atoms with Crippen LogP contribution in [0.25, 0.3) is 0 Å². The van der Waals surface area contributed by atoms with Crippen molar-refractivity contribution >= 4 is 23.4 Å². The fourth-order valence-electron chi connectivity index (χ4n) is 1.63. The van der Waals surface area contributed by atoms with Crippen LogP contribution in [0.4, 0.5) is 16.2 Å². The lowest BCUT2D eigenvalue weighted by Crippen LogP contribution is -2.32. The molecule has 2 amide bonds. The molecular formula is C13H12N4O3. The molecule has 0 spiro atoms. The summed E-state index contributed by atoms with van der Waals surface area (Å²) in [6.45, 7) is 0. The number of amides is 2. The summed E-state index contributed by atoms with van der Waals surface area (Å²) in [5.74, 6) is -1.09. The molecule has 20 heavy (non-hydrogen) atoms. The van der Waals surface area contributed by atoms with Gasteiger partial charge in [0.15, 0.2) is 0 Å². The minimum absolute atomic E-state index is 0.0504. The van der Waals surface area contributed by atoms with E-state index >= 15 is 0 Å². The van der Waals surface area contributed by atoms with Crippen LogP contribution in [0, 0.1) is 0 Å². The third-order valence-electron chi connectivity index (χ3n) is 2.61. The van der Waals surface area contributed by atoms with E-state index in [4.69, 9.17) is 5.11 Å². The number of carbonyl (C=O) groups excluding carboxylic acids is 1. The molecule has 1 aromatic carbocycles. The third kappa shape index (κ3) is 2.89. The maximum Gasteiger partial charge on any atom is 0.337 e. The lowest BCUT2D eigenvalue weighted by molar-refractivity contribution is 0.0697. The predicted octanol–water partition coefficient (Wildman–Crippen LogP) is 1.84. The Morgan fingerprint density at radius 3 is 2.50 bits per heavy atom. The topological polar surface area (TPSA) is 95.4 Å². The highest BCUT2D eigenvalue weighted by atomic mass is 16.4. The second-order valence-electron chi connectivity index (χ2n) is 3.94. The molecule has 0 saturated heterocycles. The fourth-order valence-corrected chi connectivity index (χ4v) is 1.63. The largest absolute Gasteiger partial charge is 0.478 e. The molecule has 0 saturated carbocycles. The second kappa shape index (κ2) is 5.79. The van der Waals surface area contributed by atoms with Gasteiger partial charge in [-0.15, -0.1) is 0 Å². The van der Waals surface area contributed by atoms with Gasteiger partial charge in [-0.05, 0) is 12.1 Å². The normalized spacial score (nSPS) is 9.85. The average Bonchev–Trinajstić information content (AvgIpc) is 2.47. The highest BCUT2D eigenvalue weighted by molar-refractivity contribution is 6.05. The number of benzene rings is 1. The van der Waals surface area contributed by atoms with Crippen molar-refractivity contribution in [1.29, 1.82) is 0 Å². The van der Waals surface area contributed by atoms with Gasteiger partial charge >= 0.3 is 12.0 Å². The Kier molecular flexibility index (Phi) is 3.90. The number of hydrogen-bond acceptors (Lipinski definition) is 4. The summed E-state index contributed by atoms with van der Waals surface area (Å²) in [7, 11) is 1.49. The number of nitrogens with zero attached hydrogens (tertiary/aromatic N) is 3. The summed E-state index contributed by atoms with van der Waals surface area (Å²) in [5.41, 5.74) is 0.779. The number of aromatic carboxylic acids is 1. The maximum absolute atomic E-state index is 12.1. The maximum atomic E-state index is 12.1. The number of anilines is 2. The van der Waals surface area contributed by atoms with Gasteiger partial charge in [-0.2, -0.15) is 0 Å². The number of carbonyl (C=O) groups is 2. The van der Waals surface area contributed by atoms with Crippen molar-refractivity contribution in [3.63, 3.8) is 0 Å². The first kappa shape index (κ1) is 13.5. The zero-order valence-corrected chi connectivity index (χ0v) is 10.6. The smallest absolute Gasteiger partial charge is 0.337 e. The molecule has 0 aliphatic heterocycles. The first-order chi connectivity index (χ1) is 9.59. The van der Waals surface area contributed by atoms with Gasteiger partial charge in [-0.25, -0.2) is 19.6 Å². The van der Waals surface area contributed by atoms with Crippen LogP contribution in [0.15, 0.2) is 43.0 Å². The fraction of sp³-hybridized carbons (Fsp3) is 0.0769. The molecule has 7 nitrogen and oxygen atoms in total. The van der Waals surface area contributed by atoms with Crippen LogP contribution < -0.4 is 10.2 Å². The first-order valence-corrected chi connectivity index (χ1v) is 5.71. The third-order valence-corrected chi connectivity index (χ3v) is 2.61. The molecule has 0 atom stereocenters. The Balaban J connectivity index is 2.21. The lowest BCUT2D eigenvalue weighted by atomic mass is 10.1. The van der Waals surface area contributed by atoms with Gasteiger partial charge in [0.25, 0.3) is 0 Å². The predicted molar refractivity (Wildman–Crippen MR) is 72.9 cm³/mol. The average molecular weight is 272 g/mol. The Morgan fingerprint density at radius 1 is 1.20 bits per heavy atom. The number of hydrogen-bond donors (Lipinski definition) is 2. The van der Waals surface area contributed by atoms with Crippen LogP contribution >= 0.6 is 0 Å². The minimum atomic E-state index is -1.09. The van der Waals surface area contributed by atoms with E-state index in [1.807, 2.05) is 0 Å². The number of urea groups is 1. The van der Waals surface area contributed by atoms with Crippen LogP contribution in [0.2, 0.25) is 0 Å². The summed E-state index contributed by atoms with van der Waals surface area (Å²) in [6.07, 6.45) is 4.24. The molecule has 0 aliphatic rings. The SMILES string of the molecule is CN(C(=O)Nc1cncnc1)c1ccccc1C(=O)O. The molecule has 0 radical (unpaired) electrons. The van der Waals surface area contributed by atoms with E-state index in [0.717, 1.165) is 0 Å². The van der Waals surface area contributed by atoms with E-state index in [2.05, 4.69) is 15.3 Å². The van der Waals surface area contributed by atoms with Crippen LogP contribution in [-0.2, 0) is 0 Å². The number of para-hydroxylation sites is 1. The molecule has 102 valence electrons. The molecule has 0 bridgehead atoms. The zero-order valence-electron chi connectivity index (χ0n) is 10.6. The summed E-state index contributed by atoms with van der Waals surface area (Å²) in [6, 6.07) is 5.78. The molecule has 1 heterocycles. The van der Waals surface area contributed by atoms with Gasteiger partial charge < -0.3 is 10.4 Å². The van der Waals surface area contributed by atoms with Crippen molar-refractivity contribution in [2.24, 2.45) is 0 Å². The summed E-state index contributed by atoms with van der Waals surface area (Å²) in [4.78, 5) is 32.0. The second-order valence-corrected chi connectivity index (χ2v) is 3.94. The van der Waals surface area contributed by atoms with Gasteiger partial charge in [0.1, 0.15) is 6.33 Å². The standard InChI is InChI=1S/C13H12N4O3/c1-17(11-5-3-2-4-10(11)12(18)19)13(20)16-9-6-14-8-15-7-9/h2-8H,1H3,(H,16,20)(H,18,19). The van der Waals surface area contributed by atoms with E-state index in [0.29, 0.717) is 11.4 Å². The van der Waals surface area contributed by atoms with Crippen molar-refractivity contribution in [2.75, 3.05) is 17.3 Å². The Bertz CT molecular complexity index is 631. The monoisotopic (exact) mass is 272 g/mol. The van der Waals surface area contributed by atoms with Crippen LogP contribution in [0.5, 0.6) is 0 Å². The molecule has 0 unspecified atom stereocenters. The molecule has 2 aromatic rings. The molecule has 2 N–H and O–H groups in total. The summed E-state index contributed by atoms with van der Waals surface area (Å²) in [5, 5.41) is 11.7. The van der Waals surface area contributed by atoms with Crippen LogP contribution in [0.1, 0.15) is 10.4 Å².